The number of carbonyl (C=O) groups is 4. The molecule has 0 heterocycles. The van der Waals surface area contributed by atoms with E-state index in [1.165, 1.54) is 173 Å². The Balaban J connectivity index is 5.16. The summed E-state index contributed by atoms with van der Waals surface area (Å²) >= 11 is 0. The summed E-state index contributed by atoms with van der Waals surface area (Å²) in [7, 11) is -9.90. The monoisotopic (exact) mass is 1370 g/mol. The first kappa shape index (κ1) is 91.1. The molecule has 5 atom stereocenters. The average Bonchev–Trinajstić information content (AvgIpc) is 1.73. The van der Waals surface area contributed by atoms with Crippen LogP contribution in [-0.2, 0) is 65.4 Å². The topological polar surface area (TPSA) is 237 Å². The van der Waals surface area contributed by atoms with Crippen molar-refractivity contribution < 1.29 is 80.2 Å². The summed E-state index contributed by atoms with van der Waals surface area (Å²) in [5.41, 5.74) is 0. The van der Waals surface area contributed by atoms with Crippen LogP contribution in [0, 0.1) is 17.8 Å². The van der Waals surface area contributed by atoms with Crippen molar-refractivity contribution in [2.75, 3.05) is 39.6 Å². The predicted molar refractivity (Wildman–Crippen MR) is 377 cm³/mol. The summed E-state index contributed by atoms with van der Waals surface area (Å²) in [6.45, 7) is 11.8. The van der Waals surface area contributed by atoms with Crippen molar-refractivity contribution >= 4 is 39.5 Å². The van der Waals surface area contributed by atoms with Crippen LogP contribution in [0.1, 0.15) is 376 Å². The van der Waals surface area contributed by atoms with Gasteiger partial charge in [0, 0.05) is 25.7 Å². The minimum absolute atomic E-state index is 0.104. The third-order valence-electron chi connectivity index (χ3n) is 17.1. The number of ether oxygens (including phenoxy) is 4. The Hall–Kier alpha value is -1.94. The van der Waals surface area contributed by atoms with Crippen LogP contribution in [0.5, 0.6) is 0 Å². The number of carbonyl (C=O) groups excluding carboxylic acids is 4. The summed E-state index contributed by atoms with van der Waals surface area (Å²) in [5, 5.41) is 10.6. The van der Waals surface area contributed by atoms with Crippen LogP contribution in [0.2, 0.25) is 0 Å². The van der Waals surface area contributed by atoms with E-state index < -0.39 is 97.5 Å². The summed E-state index contributed by atoms with van der Waals surface area (Å²) in [4.78, 5) is 72.5. The molecule has 0 radical (unpaired) electrons. The molecule has 0 aliphatic heterocycles. The third kappa shape index (κ3) is 68.4. The molecule has 93 heavy (non-hydrogen) atoms. The lowest BCUT2D eigenvalue weighted by atomic mass is 10.0. The molecule has 3 N–H and O–H groups in total. The quantitative estimate of drug-likeness (QED) is 0.0222. The van der Waals surface area contributed by atoms with Crippen molar-refractivity contribution in [2.45, 2.75) is 394 Å². The molecular formula is C74H144O17P2. The highest BCUT2D eigenvalue weighted by Crippen LogP contribution is 2.45. The third-order valence-corrected chi connectivity index (χ3v) is 19.0. The van der Waals surface area contributed by atoms with Gasteiger partial charge in [-0.1, -0.05) is 325 Å². The highest BCUT2D eigenvalue weighted by molar-refractivity contribution is 7.47. The SMILES string of the molecule is CCCCCCCCCC(=O)OC[C@H](COP(=O)(O)OC[C@H](O)COP(=O)(O)OC[C@@H](COC(=O)CCCCCCCCCCCCCC(C)C)OC(=O)CCCCCCCCCCCCCCCCCCCCC(C)C)OC(=O)CCCCCCCCCCC(C)C. The average molecular weight is 1370 g/mol. The molecule has 552 valence electrons. The number of unbranched alkanes of at least 4 members (excludes halogenated alkanes) is 40. The lowest BCUT2D eigenvalue weighted by Crippen LogP contribution is -2.30. The summed E-state index contributed by atoms with van der Waals surface area (Å²) in [6, 6.07) is 0. The second-order valence-electron chi connectivity index (χ2n) is 28.1. The van der Waals surface area contributed by atoms with Gasteiger partial charge in [-0.3, -0.25) is 37.3 Å². The summed E-state index contributed by atoms with van der Waals surface area (Å²) in [6.07, 6.45) is 50.2. The van der Waals surface area contributed by atoms with E-state index in [0.29, 0.717) is 25.7 Å². The highest BCUT2D eigenvalue weighted by Gasteiger charge is 2.30. The van der Waals surface area contributed by atoms with Gasteiger partial charge in [0.15, 0.2) is 12.2 Å². The molecular weight excluding hydrogens is 1220 g/mol. The number of hydrogen-bond acceptors (Lipinski definition) is 15. The molecule has 0 rings (SSSR count). The van der Waals surface area contributed by atoms with E-state index in [4.69, 9.17) is 37.0 Å². The number of aliphatic hydroxyl groups excluding tert-OH is 1. The number of hydrogen-bond donors (Lipinski definition) is 3. The molecule has 0 saturated carbocycles. The molecule has 0 fully saturated rings. The number of aliphatic hydroxyl groups is 1. The van der Waals surface area contributed by atoms with Crippen LogP contribution in [0.15, 0.2) is 0 Å². The van der Waals surface area contributed by atoms with Crippen LogP contribution in [0.4, 0.5) is 0 Å². The first-order valence-electron chi connectivity index (χ1n) is 38.3. The molecule has 0 aliphatic rings. The molecule has 19 heteroatoms. The fraction of sp³-hybridized carbons (Fsp3) is 0.946. The maximum Gasteiger partial charge on any atom is 0.472 e. The number of esters is 4. The van der Waals surface area contributed by atoms with Gasteiger partial charge >= 0.3 is 39.5 Å². The summed E-state index contributed by atoms with van der Waals surface area (Å²) in [5.74, 6) is 0.183. The summed E-state index contributed by atoms with van der Waals surface area (Å²) < 4.78 is 68.3. The lowest BCUT2D eigenvalue weighted by molar-refractivity contribution is -0.161. The van der Waals surface area contributed by atoms with Crippen LogP contribution >= 0.6 is 15.6 Å². The second kappa shape index (κ2) is 64.7. The molecule has 0 aromatic heterocycles. The van der Waals surface area contributed by atoms with Gasteiger partial charge in [-0.2, -0.15) is 0 Å². The van der Waals surface area contributed by atoms with Crippen LogP contribution in [-0.4, -0.2) is 96.7 Å². The van der Waals surface area contributed by atoms with Gasteiger partial charge < -0.3 is 33.8 Å². The first-order valence-corrected chi connectivity index (χ1v) is 41.3. The van der Waals surface area contributed by atoms with Gasteiger partial charge in [0.2, 0.25) is 0 Å². The Labute approximate surface area is 568 Å². The van der Waals surface area contributed by atoms with Crippen molar-refractivity contribution in [1.82, 2.24) is 0 Å². The Bertz CT molecular complexity index is 1820. The Kier molecular flexibility index (Phi) is 63.4. The number of phosphoric acid groups is 2. The van der Waals surface area contributed by atoms with E-state index in [1.54, 1.807) is 0 Å². The Morgan fingerprint density at radius 2 is 0.495 bits per heavy atom. The Morgan fingerprint density at radius 1 is 0.290 bits per heavy atom. The zero-order valence-corrected chi connectivity index (χ0v) is 62.5. The first-order chi connectivity index (χ1) is 44.7. The maximum absolute atomic E-state index is 13.1. The maximum atomic E-state index is 13.1. The largest absolute Gasteiger partial charge is 0.472 e. The van der Waals surface area contributed by atoms with Gasteiger partial charge in [0.05, 0.1) is 26.4 Å². The number of phosphoric ester groups is 2. The van der Waals surface area contributed by atoms with Crippen LogP contribution < -0.4 is 0 Å². The van der Waals surface area contributed by atoms with Gasteiger partial charge in [-0.25, -0.2) is 9.13 Å². The van der Waals surface area contributed by atoms with E-state index in [2.05, 4.69) is 48.5 Å². The number of rotatable bonds is 72. The van der Waals surface area contributed by atoms with Gasteiger partial charge in [0.1, 0.15) is 19.3 Å². The van der Waals surface area contributed by atoms with Crippen molar-refractivity contribution in [3.63, 3.8) is 0 Å². The molecule has 0 aromatic carbocycles. The molecule has 0 spiro atoms. The van der Waals surface area contributed by atoms with Crippen molar-refractivity contribution in [2.24, 2.45) is 17.8 Å². The molecule has 2 unspecified atom stereocenters. The zero-order valence-electron chi connectivity index (χ0n) is 60.7. The Morgan fingerprint density at radius 3 is 0.731 bits per heavy atom. The predicted octanol–water partition coefficient (Wildman–Crippen LogP) is 21.4. The van der Waals surface area contributed by atoms with Crippen molar-refractivity contribution in [1.29, 1.82) is 0 Å². The molecule has 0 bridgehead atoms. The van der Waals surface area contributed by atoms with Gasteiger partial charge in [-0.05, 0) is 43.4 Å². The zero-order chi connectivity index (χ0) is 68.7. The smallest absolute Gasteiger partial charge is 0.462 e. The van der Waals surface area contributed by atoms with E-state index in [9.17, 15) is 43.2 Å². The minimum Gasteiger partial charge on any atom is -0.462 e. The van der Waals surface area contributed by atoms with E-state index in [0.717, 1.165) is 120 Å². The molecule has 0 saturated heterocycles. The van der Waals surface area contributed by atoms with Gasteiger partial charge in [-0.15, -0.1) is 0 Å². The van der Waals surface area contributed by atoms with Gasteiger partial charge in [0.25, 0.3) is 0 Å². The minimum atomic E-state index is -4.95. The standard InChI is InChI=1S/C74H144O17P2/c1-8-9-10-11-31-41-48-55-71(76)84-61-69(91-74(79)58-51-44-37-30-29-34-40-47-54-67(6)7)63-88-92(80,81)86-59-68(75)60-87-93(82,83)89-64-70(62-85-72(77)56-49-42-35-27-24-20-22-26-33-39-46-53-66(4)5)90-73(78)57-50-43-36-28-23-19-17-15-13-12-14-16-18-21-25-32-38-45-52-65(2)3/h65-70,75H,8-64H2,1-7H3,(H,80,81)(H,82,83)/t68-,69+,70+/m0/s1. The lowest BCUT2D eigenvalue weighted by Gasteiger charge is -2.21. The molecule has 0 amide bonds. The molecule has 0 aliphatic carbocycles. The molecule has 0 aromatic rings. The van der Waals surface area contributed by atoms with E-state index >= 15 is 0 Å². The fourth-order valence-electron chi connectivity index (χ4n) is 11.2. The van der Waals surface area contributed by atoms with E-state index in [-0.39, 0.29) is 25.7 Å². The van der Waals surface area contributed by atoms with Crippen molar-refractivity contribution in [3.8, 4) is 0 Å². The fourth-order valence-corrected chi connectivity index (χ4v) is 12.8. The molecule has 17 nitrogen and oxygen atoms in total. The second-order valence-corrected chi connectivity index (χ2v) is 31.0. The van der Waals surface area contributed by atoms with Crippen LogP contribution in [0.3, 0.4) is 0 Å². The normalized spacial score (nSPS) is 14.1. The van der Waals surface area contributed by atoms with E-state index in [1.807, 2.05) is 0 Å². The van der Waals surface area contributed by atoms with Crippen LogP contribution in [0.25, 0.3) is 0 Å². The van der Waals surface area contributed by atoms with Crippen molar-refractivity contribution in [3.05, 3.63) is 0 Å². The highest BCUT2D eigenvalue weighted by atomic mass is 31.2.